The van der Waals surface area contributed by atoms with E-state index in [0.717, 1.165) is 0 Å². The second kappa shape index (κ2) is 5.63. The van der Waals surface area contributed by atoms with Gasteiger partial charge in [-0.1, -0.05) is 34.1 Å². The van der Waals surface area contributed by atoms with Gasteiger partial charge in [0, 0.05) is 10.0 Å². The van der Waals surface area contributed by atoms with Crippen LogP contribution in [0.3, 0.4) is 0 Å². The number of carbonyl (C=O) groups is 3. The lowest BCUT2D eigenvalue weighted by atomic mass is 10.1. The molecule has 0 aromatic heterocycles. The number of hydrogen-bond acceptors (Lipinski definition) is 4. The fourth-order valence-electron chi connectivity index (χ4n) is 1.92. The number of nitrogens with zero attached hydrogens (tertiary/aromatic N) is 1. The summed E-state index contributed by atoms with van der Waals surface area (Å²) in [5, 5.41) is 2.24. The van der Waals surface area contributed by atoms with Crippen molar-refractivity contribution in [1.82, 2.24) is 10.2 Å². The van der Waals surface area contributed by atoms with E-state index < -0.39 is 6.04 Å². The summed E-state index contributed by atoms with van der Waals surface area (Å²) in [4.78, 5) is 36.6. The molecule has 6 heteroatoms. The Morgan fingerprint density at radius 1 is 1.42 bits per heavy atom. The summed E-state index contributed by atoms with van der Waals surface area (Å²) >= 11 is 3.31. The molecule has 1 saturated heterocycles. The average molecular weight is 325 g/mol. The summed E-state index contributed by atoms with van der Waals surface area (Å²) in [5.74, 6) is -0.860. The van der Waals surface area contributed by atoms with Crippen LogP contribution in [0.1, 0.15) is 17.3 Å². The molecule has 1 N–H and O–H groups in total. The van der Waals surface area contributed by atoms with E-state index in [9.17, 15) is 14.4 Å². The van der Waals surface area contributed by atoms with Gasteiger partial charge in [-0.15, -0.1) is 0 Å². The van der Waals surface area contributed by atoms with E-state index >= 15 is 0 Å². The normalized spacial score (nSPS) is 20.2. The number of piperazine rings is 1. The Hall–Kier alpha value is -1.53. The maximum Gasteiger partial charge on any atom is 0.243 e. The Morgan fingerprint density at radius 3 is 2.79 bits per heavy atom. The van der Waals surface area contributed by atoms with Crippen LogP contribution in [-0.4, -0.2) is 41.6 Å². The van der Waals surface area contributed by atoms with Crippen LogP contribution >= 0.6 is 15.9 Å². The van der Waals surface area contributed by atoms with Crippen molar-refractivity contribution < 1.29 is 14.4 Å². The Balaban J connectivity index is 2.12. The molecule has 1 atom stereocenters. The van der Waals surface area contributed by atoms with Gasteiger partial charge in [0.1, 0.15) is 0 Å². The van der Waals surface area contributed by atoms with Crippen molar-refractivity contribution >= 4 is 33.5 Å². The van der Waals surface area contributed by atoms with Crippen LogP contribution in [0.4, 0.5) is 0 Å². The summed E-state index contributed by atoms with van der Waals surface area (Å²) < 4.78 is 0.709. The first-order chi connectivity index (χ1) is 8.99. The monoisotopic (exact) mass is 324 g/mol. The number of imide groups is 1. The highest BCUT2D eigenvalue weighted by Gasteiger charge is 2.31. The average Bonchev–Trinajstić information content (AvgIpc) is 2.35. The number of benzene rings is 1. The van der Waals surface area contributed by atoms with Crippen LogP contribution in [0.5, 0.6) is 0 Å². The van der Waals surface area contributed by atoms with Crippen LogP contribution in [-0.2, 0) is 9.59 Å². The van der Waals surface area contributed by atoms with Gasteiger partial charge in [0.2, 0.25) is 11.8 Å². The molecule has 2 rings (SSSR count). The molecule has 1 heterocycles. The fraction of sp³-hybridized carbons (Fsp3) is 0.308. The molecular formula is C13H13BrN2O3. The zero-order chi connectivity index (χ0) is 14.0. The third-order valence-electron chi connectivity index (χ3n) is 3.06. The summed E-state index contributed by atoms with van der Waals surface area (Å²) in [6.45, 7) is 1.78. The molecule has 1 aliphatic rings. The smallest absolute Gasteiger partial charge is 0.243 e. The van der Waals surface area contributed by atoms with Gasteiger partial charge in [-0.2, -0.15) is 0 Å². The van der Waals surface area contributed by atoms with Crippen molar-refractivity contribution in [3.8, 4) is 0 Å². The van der Waals surface area contributed by atoms with Gasteiger partial charge in [-0.05, 0) is 13.0 Å². The SMILES string of the molecule is CC1C(=O)NC(=O)CN1CC(=O)c1ccccc1Br. The second-order valence-corrected chi connectivity index (χ2v) is 5.25. The lowest BCUT2D eigenvalue weighted by molar-refractivity contribution is -0.139. The summed E-state index contributed by atoms with van der Waals surface area (Å²) in [5.41, 5.74) is 0.549. The van der Waals surface area contributed by atoms with Crippen LogP contribution in [0.2, 0.25) is 0 Å². The zero-order valence-electron chi connectivity index (χ0n) is 10.4. The van der Waals surface area contributed by atoms with E-state index in [1.807, 2.05) is 6.07 Å². The standard InChI is InChI=1S/C13H13BrN2O3/c1-8-13(19)15-12(18)7-16(8)6-11(17)9-4-2-3-5-10(9)14/h2-5,8H,6-7H2,1H3,(H,15,18,19). The van der Waals surface area contributed by atoms with Crippen molar-refractivity contribution in [2.75, 3.05) is 13.1 Å². The van der Waals surface area contributed by atoms with E-state index in [2.05, 4.69) is 21.2 Å². The second-order valence-electron chi connectivity index (χ2n) is 4.40. The van der Waals surface area contributed by atoms with Crippen molar-refractivity contribution in [1.29, 1.82) is 0 Å². The molecule has 1 aliphatic heterocycles. The van der Waals surface area contributed by atoms with Gasteiger partial charge in [0.25, 0.3) is 0 Å². The lowest BCUT2D eigenvalue weighted by Gasteiger charge is -2.30. The number of Topliss-reactive ketones (excluding diaryl/α,β-unsaturated/α-hetero) is 1. The topological polar surface area (TPSA) is 66.5 Å². The van der Waals surface area contributed by atoms with E-state index in [1.165, 1.54) is 0 Å². The molecule has 0 bridgehead atoms. The summed E-state index contributed by atoms with van der Waals surface area (Å²) in [6.07, 6.45) is 0. The van der Waals surface area contributed by atoms with Crippen LogP contribution in [0.15, 0.2) is 28.7 Å². The first kappa shape index (κ1) is 13.9. The van der Waals surface area contributed by atoms with E-state index in [4.69, 9.17) is 0 Å². The first-order valence-corrected chi connectivity index (χ1v) is 6.64. The van der Waals surface area contributed by atoms with Crippen LogP contribution < -0.4 is 5.32 Å². The van der Waals surface area contributed by atoms with Gasteiger partial charge < -0.3 is 0 Å². The van der Waals surface area contributed by atoms with Crippen molar-refractivity contribution in [3.05, 3.63) is 34.3 Å². The quantitative estimate of drug-likeness (QED) is 0.665. The van der Waals surface area contributed by atoms with Crippen LogP contribution in [0, 0.1) is 0 Å². The summed E-state index contributed by atoms with van der Waals surface area (Å²) in [6, 6.07) is 6.61. The van der Waals surface area contributed by atoms with Crippen molar-refractivity contribution in [2.24, 2.45) is 0 Å². The van der Waals surface area contributed by atoms with E-state index in [1.54, 1.807) is 30.0 Å². The Labute approximate surface area is 119 Å². The molecule has 5 nitrogen and oxygen atoms in total. The third kappa shape index (κ3) is 3.08. The molecular weight excluding hydrogens is 312 g/mol. The number of ketones is 1. The molecule has 1 aromatic carbocycles. The maximum atomic E-state index is 12.2. The Bertz CT molecular complexity index is 544. The van der Waals surface area contributed by atoms with Gasteiger partial charge in [0.15, 0.2) is 5.78 Å². The fourth-order valence-corrected chi connectivity index (χ4v) is 2.42. The molecule has 0 radical (unpaired) electrons. The van der Waals surface area contributed by atoms with Gasteiger partial charge >= 0.3 is 0 Å². The molecule has 0 aliphatic carbocycles. The van der Waals surface area contributed by atoms with Gasteiger partial charge in [0.05, 0.1) is 19.1 Å². The minimum Gasteiger partial charge on any atom is -0.294 e. The van der Waals surface area contributed by atoms with Crippen molar-refractivity contribution in [2.45, 2.75) is 13.0 Å². The molecule has 1 fully saturated rings. The molecule has 1 aromatic rings. The molecule has 1 unspecified atom stereocenters. The van der Waals surface area contributed by atoms with E-state index in [-0.39, 0.29) is 30.7 Å². The first-order valence-electron chi connectivity index (χ1n) is 5.84. The summed E-state index contributed by atoms with van der Waals surface area (Å²) in [7, 11) is 0. The predicted octanol–water partition coefficient (Wildman–Crippen LogP) is 0.979. The number of halogens is 1. The highest BCUT2D eigenvalue weighted by atomic mass is 79.9. The Kier molecular flexibility index (Phi) is 4.11. The maximum absolute atomic E-state index is 12.2. The number of amides is 2. The number of carbonyl (C=O) groups excluding carboxylic acids is 3. The lowest BCUT2D eigenvalue weighted by Crippen LogP contribution is -2.57. The number of hydrogen-bond donors (Lipinski definition) is 1. The molecule has 19 heavy (non-hydrogen) atoms. The van der Waals surface area contributed by atoms with Crippen LogP contribution in [0.25, 0.3) is 0 Å². The number of nitrogens with one attached hydrogen (secondary N) is 1. The predicted molar refractivity (Wildman–Crippen MR) is 72.7 cm³/mol. The minimum absolute atomic E-state index is 0.0446. The van der Waals surface area contributed by atoms with Gasteiger partial charge in [-0.25, -0.2) is 0 Å². The molecule has 0 spiro atoms. The number of rotatable bonds is 3. The largest absolute Gasteiger partial charge is 0.294 e. The van der Waals surface area contributed by atoms with E-state index in [0.29, 0.717) is 10.0 Å². The van der Waals surface area contributed by atoms with Crippen molar-refractivity contribution in [3.63, 3.8) is 0 Å². The highest BCUT2D eigenvalue weighted by Crippen LogP contribution is 2.17. The Morgan fingerprint density at radius 2 is 2.11 bits per heavy atom. The molecule has 100 valence electrons. The molecule has 2 amide bonds. The highest BCUT2D eigenvalue weighted by molar-refractivity contribution is 9.10. The minimum atomic E-state index is -0.482. The third-order valence-corrected chi connectivity index (χ3v) is 3.75. The zero-order valence-corrected chi connectivity index (χ0v) is 11.9. The molecule has 0 saturated carbocycles. The van der Waals surface area contributed by atoms with Gasteiger partial charge in [-0.3, -0.25) is 24.6 Å².